The van der Waals surface area contributed by atoms with Gasteiger partial charge in [-0.25, -0.2) is 0 Å². The Labute approximate surface area is 108 Å². The van der Waals surface area contributed by atoms with Crippen LogP contribution in [-0.4, -0.2) is 18.7 Å². The summed E-state index contributed by atoms with van der Waals surface area (Å²) in [6.45, 7) is 3.98. The first-order valence-electron chi connectivity index (χ1n) is 6.64. The van der Waals surface area contributed by atoms with E-state index in [2.05, 4.69) is 30.4 Å². The third kappa shape index (κ3) is 1.74. The van der Waals surface area contributed by atoms with Crippen LogP contribution in [0.2, 0.25) is 0 Å². The van der Waals surface area contributed by atoms with Gasteiger partial charge in [0.05, 0.1) is 0 Å². The van der Waals surface area contributed by atoms with Gasteiger partial charge in [-0.05, 0) is 36.5 Å². The van der Waals surface area contributed by atoms with E-state index in [0.717, 1.165) is 0 Å². The van der Waals surface area contributed by atoms with Crippen LogP contribution in [0, 0.1) is 6.92 Å². The maximum atomic E-state index is 10.8. The normalized spacial score (nSPS) is 28.2. The zero-order valence-electron chi connectivity index (χ0n) is 10.9. The molecule has 18 heavy (non-hydrogen) atoms. The molecule has 0 spiro atoms. The van der Waals surface area contributed by atoms with Gasteiger partial charge in [-0.2, -0.15) is 0 Å². The molecule has 1 saturated carbocycles. The average Bonchev–Trinajstić information content (AvgIpc) is 2.85. The lowest BCUT2D eigenvalue weighted by atomic mass is 9.89. The molecule has 1 fully saturated rings. The van der Waals surface area contributed by atoms with Crippen LogP contribution in [0.15, 0.2) is 18.2 Å². The molecule has 0 radical (unpaired) electrons. The first-order chi connectivity index (χ1) is 8.68. The quantitative estimate of drug-likeness (QED) is 0.656. The summed E-state index contributed by atoms with van der Waals surface area (Å²) in [5.41, 5.74) is 4.44. The smallest absolute Gasteiger partial charge is 0.303 e. The molecule has 0 saturated heterocycles. The van der Waals surface area contributed by atoms with Crippen LogP contribution < -0.4 is 5.32 Å². The van der Waals surface area contributed by atoms with E-state index in [1.54, 1.807) is 0 Å². The Balaban J connectivity index is 1.78. The van der Waals surface area contributed by atoms with Crippen LogP contribution in [0.4, 0.5) is 0 Å². The summed E-state index contributed by atoms with van der Waals surface area (Å²) in [4.78, 5) is 10.8. The third-order valence-corrected chi connectivity index (χ3v) is 4.38. The molecule has 0 aromatic heterocycles. The summed E-state index contributed by atoms with van der Waals surface area (Å²) in [6, 6.07) is 7.05. The maximum absolute atomic E-state index is 10.8. The summed E-state index contributed by atoms with van der Waals surface area (Å²) in [6.07, 6.45) is 2.50. The van der Waals surface area contributed by atoms with Gasteiger partial charge >= 0.3 is 5.97 Å². The van der Waals surface area contributed by atoms with Gasteiger partial charge in [-0.15, -0.1) is 0 Å². The number of nitrogens with one attached hydrogen (secondary N) is 1. The zero-order valence-corrected chi connectivity index (χ0v) is 10.9. The molecule has 3 unspecified atom stereocenters. The second kappa shape index (κ2) is 4.39. The van der Waals surface area contributed by atoms with Crippen molar-refractivity contribution in [3.63, 3.8) is 0 Å². The predicted molar refractivity (Wildman–Crippen MR) is 69.5 cm³/mol. The van der Waals surface area contributed by atoms with Gasteiger partial charge in [0.2, 0.25) is 0 Å². The molecule has 0 aliphatic heterocycles. The van der Waals surface area contributed by atoms with Crippen LogP contribution in [-0.2, 0) is 9.53 Å². The van der Waals surface area contributed by atoms with Crippen LogP contribution >= 0.6 is 0 Å². The molecular formula is C15H19NO2. The molecule has 3 nitrogen and oxygen atoms in total. The molecule has 0 heterocycles. The topological polar surface area (TPSA) is 38.3 Å². The fraction of sp³-hybridized carbons (Fsp3) is 0.533. The fourth-order valence-electron chi connectivity index (χ4n) is 3.73. The molecule has 2 aliphatic carbocycles. The minimum Gasteiger partial charge on any atom is -0.450 e. The summed E-state index contributed by atoms with van der Waals surface area (Å²) in [7, 11) is 0. The molecule has 1 aromatic carbocycles. The Bertz CT molecular complexity index is 483. The van der Waals surface area contributed by atoms with Crippen molar-refractivity contribution in [2.24, 2.45) is 0 Å². The van der Waals surface area contributed by atoms with Gasteiger partial charge < -0.3 is 4.74 Å². The van der Waals surface area contributed by atoms with Crippen molar-refractivity contribution in [2.75, 3.05) is 6.73 Å². The molecule has 1 N–H and O–H groups in total. The van der Waals surface area contributed by atoms with Crippen molar-refractivity contribution in [3.8, 4) is 0 Å². The lowest BCUT2D eigenvalue weighted by molar-refractivity contribution is -0.141. The molecule has 96 valence electrons. The number of carbonyl (C=O) groups excluding carboxylic acids is 1. The van der Waals surface area contributed by atoms with Gasteiger partial charge in [-0.1, -0.05) is 18.2 Å². The van der Waals surface area contributed by atoms with E-state index in [4.69, 9.17) is 4.74 Å². The highest BCUT2D eigenvalue weighted by Crippen LogP contribution is 2.53. The van der Waals surface area contributed by atoms with Crippen LogP contribution in [0.5, 0.6) is 0 Å². The highest BCUT2D eigenvalue weighted by molar-refractivity contribution is 5.65. The molecule has 3 rings (SSSR count). The second-order valence-electron chi connectivity index (χ2n) is 5.38. The van der Waals surface area contributed by atoms with E-state index in [0.29, 0.717) is 24.6 Å². The van der Waals surface area contributed by atoms with E-state index in [1.165, 1.54) is 36.5 Å². The Morgan fingerprint density at radius 2 is 2.17 bits per heavy atom. The number of ether oxygens (including phenoxy) is 1. The molecule has 1 aromatic rings. The van der Waals surface area contributed by atoms with E-state index in [-0.39, 0.29) is 5.97 Å². The number of fused-ring (bicyclic) bond motifs is 5. The van der Waals surface area contributed by atoms with Crippen LogP contribution in [0.25, 0.3) is 0 Å². The highest BCUT2D eigenvalue weighted by atomic mass is 16.5. The lowest BCUT2D eigenvalue weighted by Gasteiger charge is -2.18. The van der Waals surface area contributed by atoms with E-state index in [9.17, 15) is 4.79 Å². The summed E-state index contributed by atoms with van der Waals surface area (Å²) in [5.74, 6) is 0.976. The average molecular weight is 245 g/mol. The Morgan fingerprint density at radius 3 is 2.89 bits per heavy atom. The Kier molecular flexibility index (Phi) is 2.86. The number of rotatable bonds is 3. The first-order valence-corrected chi connectivity index (χ1v) is 6.64. The summed E-state index contributed by atoms with van der Waals surface area (Å²) < 4.78 is 5.01. The summed E-state index contributed by atoms with van der Waals surface area (Å²) in [5, 5.41) is 3.41. The van der Waals surface area contributed by atoms with Crippen molar-refractivity contribution < 1.29 is 9.53 Å². The van der Waals surface area contributed by atoms with Gasteiger partial charge in [0.15, 0.2) is 0 Å². The van der Waals surface area contributed by atoms with E-state index < -0.39 is 0 Å². The van der Waals surface area contributed by atoms with E-state index in [1.807, 2.05) is 0 Å². The zero-order chi connectivity index (χ0) is 12.7. The molecule has 2 aliphatic rings. The van der Waals surface area contributed by atoms with Crippen molar-refractivity contribution in [3.05, 3.63) is 34.9 Å². The van der Waals surface area contributed by atoms with Gasteiger partial charge in [0, 0.05) is 24.8 Å². The van der Waals surface area contributed by atoms with Crippen molar-refractivity contribution in [1.29, 1.82) is 0 Å². The minimum atomic E-state index is -0.221. The molecule has 2 bridgehead atoms. The standard InChI is InChI=1S/C15H19NO2/c1-9-4-3-5-11-12-6-7-13(14(9)11)15(12)16-8-18-10(2)17/h3-5,12-13,15-16H,6-8H2,1-2H3. The fourth-order valence-corrected chi connectivity index (χ4v) is 3.73. The van der Waals surface area contributed by atoms with Crippen molar-refractivity contribution in [1.82, 2.24) is 5.32 Å². The SMILES string of the molecule is CC(=O)OCNC1C2CCC1c1c(C)cccc12. The predicted octanol–water partition coefficient (Wildman–Crippen LogP) is 2.45. The van der Waals surface area contributed by atoms with Crippen molar-refractivity contribution >= 4 is 5.97 Å². The Morgan fingerprint density at radius 1 is 1.39 bits per heavy atom. The molecule has 3 heteroatoms. The van der Waals surface area contributed by atoms with Crippen molar-refractivity contribution in [2.45, 2.75) is 44.6 Å². The van der Waals surface area contributed by atoms with Gasteiger partial charge in [-0.3, -0.25) is 10.1 Å². The minimum absolute atomic E-state index is 0.221. The largest absolute Gasteiger partial charge is 0.450 e. The maximum Gasteiger partial charge on any atom is 0.303 e. The monoisotopic (exact) mass is 245 g/mol. The van der Waals surface area contributed by atoms with Crippen LogP contribution in [0.3, 0.4) is 0 Å². The number of hydrogen-bond donors (Lipinski definition) is 1. The van der Waals surface area contributed by atoms with Gasteiger partial charge in [0.1, 0.15) is 6.73 Å². The Hall–Kier alpha value is -1.35. The van der Waals surface area contributed by atoms with E-state index >= 15 is 0 Å². The number of hydrogen-bond acceptors (Lipinski definition) is 3. The number of benzene rings is 1. The van der Waals surface area contributed by atoms with Crippen LogP contribution in [0.1, 0.15) is 48.3 Å². The number of aryl methyl sites for hydroxylation is 1. The number of esters is 1. The first kappa shape index (κ1) is 11.7. The third-order valence-electron chi connectivity index (χ3n) is 4.38. The molecular weight excluding hydrogens is 226 g/mol. The molecule has 3 atom stereocenters. The van der Waals surface area contributed by atoms with Gasteiger partial charge in [0.25, 0.3) is 0 Å². The highest BCUT2D eigenvalue weighted by Gasteiger charge is 2.46. The number of carbonyl (C=O) groups is 1. The summed E-state index contributed by atoms with van der Waals surface area (Å²) >= 11 is 0. The lowest BCUT2D eigenvalue weighted by Crippen LogP contribution is -2.34. The molecule has 0 amide bonds. The second-order valence-corrected chi connectivity index (χ2v) is 5.38.